The predicted octanol–water partition coefficient (Wildman–Crippen LogP) is 1.49. The highest BCUT2D eigenvalue weighted by atomic mass is 32.1. The van der Waals surface area contributed by atoms with Crippen LogP contribution in [0.15, 0.2) is 17.6 Å². The summed E-state index contributed by atoms with van der Waals surface area (Å²) < 4.78 is 7.73. The van der Waals surface area contributed by atoms with Crippen molar-refractivity contribution in [3.05, 3.63) is 34.0 Å². The Hall–Kier alpha value is -1.81. The molecule has 0 aliphatic carbocycles. The smallest absolute Gasteiger partial charge is 0.270 e. The lowest BCUT2D eigenvalue weighted by Gasteiger charge is -2.52. The normalized spacial score (nSPS) is 27.2. The first-order chi connectivity index (χ1) is 13.8. The van der Waals surface area contributed by atoms with Crippen LogP contribution < -0.4 is 5.32 Å². The van der Waals surface area contributed by atoms with Gasteiger partial charge in [-0.25, -0.2) is 4.98 Å². The van der Waals surface area contributed by atoms with Gasteiger partial charge in [-0.2, -0.15) is 5.10 Å². The number of rotatable bonds is 4. The molecule has 0 bridgehead atoms. The van der Waals surface area contributed by atoms with Crippen LogP contribution in [0.2, 0.25) is 0 Å². The number of aliphatic hydroxyl groups is 1. The van der Waals surface area contributed by atoms with Crippen LogP contribution in [-0.4, -0.2) is 67.6 Å². The van der Waals surface area contributed by atoms with Crippen molar-refractivity contribution in [1.82, 2.24) is 25.0 Å². The second-order valence-electron chi connectivity index (χ2n) is 8.55. The molecule has 9 heteroatoms. The van der Waals surface area contributed by atoms with Crippen molar-refractivity contribution in [3.63, 3.8) is 0 Å². The molecule has 2 atom stereocenters. The van der Waals surface area contributed by atoms with Crippen molar-refractivity contribution in [2.24, 2.45) is 7.05 Å². The van der Waals surface area contributed by atoms with Gasteiger partial charge >= 0.3 is 0 Å². The van der Waals surface area contributed by atoms with Crippen LogP contribution in [-0.2, 0) is 18.3 Å². The van der Waals surface area contributed by atoms with E-state index in [-0.39, 0.29) is 18.1 Å². The standard InChI is InChI=1S/C20H29N5O3S/c1-14-10-15(24(3)23-14)18(27)22-19(2)13-20(28-12-16(19)26)4-7-25(8-5-20)11-17-21-6-9-29-17/h6,9-10,16,26H,4-5,7-8,11-13H2,1-3H3,(H,22,27)/t16-,19-/m0/s1. The number of ether oxygens (including phenoxy) is 1. The van der Waals surface area contributed by atoms with Crippen LogP contribution >= 0.6 is 11.3 Å². The third-order valence-electron chi connectivity index (χ3n) is 6.22. The number of aryl methyl sites for hydroxylation is 2. The Bertz CT molecular complexity index is 860. The van der Waals surface area contributed by atoms with Crippen LogP contribution in [0.4, 0.5) is 0 Å². The Morgan fingerprint density at radius 3 is 2.83 bits per heavy atom. The minimum atomic E-state index is -0.750. The zero-order valence-electron chi connectivity index (χ0n) is 17.2. The fourth-order valence-corrected chi connectivity index (χ4v) is 5.17. The number of aliphatic hydroxyl groups excluding tert-OH is 1. The van der Waals surface area contributed by atoms with E-state index in [1.165, 1.54) is 0 Å². The Labute approximate surface area is 174 Å². The van der Waals surface area contributed by atoms with Gasteiger partial charge in [0.1, 0.15) is 16.8 Å². The topological polar surface area (TPSA) is 92.5 Å². The number of hydrogen-bond donors (Lipinski definition) is 2. The van der Waals surface area contributed by atoms with Crippen molar-refractivity contribution < 1.29 is 14.6 Å². The van der Waals surface area contributed by atoms with Crippen molar-refractivity contribution in [3.8, 4) is 0 Å². The molecular weight excluding hydrogens is 390 g/mol. The predicted molar refractivity (Wildman–Crippen MR) is 110 cm³/mol. The Morgan fingerprint density at radius 1 is 1.45 bits per heavy atom. The molecule has 2 aromatic heterocycles. The maximum absolute atomic E-state index is 12.9. The molecule has 29 heavy (non-hydrogen) atoms. The van der Waals surface area contributed by atoms with Gasteiger partial charge in [-0.05, 0) is 32.8 Å². The van der Waals surface area contributed by atoms with E-state index in [1.807, 2.05) is 25.4 Å². The summed E-state index contributed by atoms with van der Waals surface area (Å²) in [7, 11) is 1.75. The third kappa shape index (κ3) is 4.23. The number of carbonyl (C=O) groups is 1. The minimum Gasteiger partial charge on any atom is -0.388 e. The zero-order chi connectivity index (χ0) is 20.6. The van der Waals surface area contributed by atoms with E-state index in [4.69, 9.17) is 4.74 Å². The Balaban J connectivity index is 1.42. The number of amides is 1. The zero-order valence-corrected chi connectivity index (χ0v) is 18.0. The summed E-state index contributed by atoms with van der Waals surface area (Å²) in [6.07, 6.45) is 3.44. The summed E-state index contributed by atoms with van der Waals surface area (Å²) in [6.45, 7) is 6.71. The summed E-state index contributed by atoms with van der Waals surface area (Å²) in [5.41, 5.74) is 0.225. The molecule has 0 radical (unpaired) electrons. The molecule has 0 aromatic carbocycles. The van der Waals surface area contributed by atoms with E-state index in [9.17, 15) is 9.90 Å². The highest BCUT2D eigenvalue weighted by molar-refractivity contribution is 7.09. The van der Waals surface area contributed by atoms with Gasteiger partial charge in [0.15, 0.2) is 0 Å². The lowest BCUT2D eigenvalue weighted by molar-refractivity contribution is -0.177. The van der Waals surface area contributed by atoms with Crippen LogP contribution in [0, 0.1) is 6.92 Å². The summed E-state index contributed by atoms with van der Waals surface area (Å²) in [5, 5.41) is 21.1. The average Bonchev–Trinajstić information content (AvgIpc) is 3.30. The molecule has 1 amide bonds. The van der Waals surface area contributed by atoms with Gasteiger partial charge in [0.25, 0.3) is 5.91 Å². The molecule has 2 fully saturated rings. The number of hydrogen-bond acceptors (Lipinski definition) is 7. The highest BCUT2D eigenvalue weighted by Crippen LogP contribution is 2.40. The van der Waals surface area contributed by atoms with E-state index < -0.39 is 11.6 Å². The summed E-state index contributed by atoms with van der Waals surface area (Å²) in [6, 6.07) is 1.76. The van der Waals surface area contributed by atoms with Gasteiger partial charge in [0.2, 0.25) is 0 Å². The number of likely N-dealkylation sites (tertiary alicyclic amines) is 1. The summed E-state index contributed by atoms with van der Waals surface area (Å²) >= 11 is 1.68. The molecule has 2 N–H and O–H groups in total. The molecule has 2 aliphatic rings. The molecule has 4 heterocycles. The van der Waals surface area contributed by atoms with E-state index in [1.54, 1.807) is 29.1 Å². The van der Waals surface area contributed by atoms with Crippen LogP contribution in [0.5, 0.6) is 0 Å². The fourth-order valence-electron chi connectivity index (χ4n) is 4.51. The maximum Gasteiger partial charge on any atom is 0.270 e. The second kappa shape index (κ2) is 7.79. The molecule has 4 rings (SSSR count). The van der Waals surface area contributed by atoms with Crippen molar-refractivity contribution in [2.75, 3.05) is 19.7 Å². The number of thiazole rings is 1. The summed E-state index contributed by atoms with van der Waals surface area (Å²) in [5.74, 6) is -0.215. The molecule has 1 spiro atoms. The van der Waals surface area contributed by atoms with Crippen molar-refractivity contribution in [2.45, 2.75) is 56.9 Å². The number of nitrogens with zero attached hydrogens (tertiary/aromatic N) is 4. The minimum absolute atomic E-state index is 0.215. The van der Waals surface area contributed by atoms with Crippen LogP contribution in [0.25, 0.3) is 0 Å². The van der Waals surface area contributed by atoms with Crippen molar-refractivity contribution in [1.29, 1.82) is 0 Å². The third-order valence-corrected chi connectivity index (χ3v) is 6.98. The van der Waals surface area contributed by atoms with Crippen LogP contribution in [0.1, 0.15) is 47.4 Å². The molecule has 2 aliphatic heterocycles. The van der Waals surface area contributed by atoms with Gasteiger partial charge < -0.3 is 15.2 Å². The average molecular weight is 420 g/mol. The largest absolute Gasteiger partial charge is 0.388 e. The maximum atomic E-state index is 12.9. The fraction of sp³-hybridized carbons (Fsp3) is 0.650. The van der Waals surface area contributed by atoms with E-state index >= 15 is 0 Å². The number of nitrogens with one attached hydrogen (secondary N) is 1. The molecule has 8 nitrogen and oxygen atoms in total. The van der Waals surface area contributed by atoms with E-state index in [0.717, 1.165) is 43.2 Å². The molecular formula is C20H29N5O3S. The molecule has 2 aromatic rings. The van der Waals surface area contributed by atoms with Gasteiger partial charge in [0.05, 0.1) is 30.0 Å². The SMILES string of the molecule is Cc1cc(C(=O)N[C@@]2(C)CC3(CCN(Cc4nccs4)CC3)OC[C@@H]2O)n(C)n1. The molecule has 158 valence electrons. The van der Waals surface area contributed by atoms with Gasteiger partial charge in [-0.3, -0.25) is 14.4 Å². The monoisotopic (exact) mass is 419 g/mol. The molecule has 2 saturated heterocycles. The van der Waals surface area contributed by atoms with Gasteiger partial charge in [0, 0.05) is 38.1 Å². The first-order valence-corrected chi connectivity index (χ1v) is 10.9. The highest BCUT2D eigenvalue weighted by Gasteiger charge is 2.50. The Morgan fingerprint density at radius 2 is 2.21 bits per heavy atom. The summed E-state index contributed by atoms with van der Waals surface area (Å²) in [4.78, 5) is 19.6. The van der Waals surface area contributed by atoms with Gasteiger partial charge in [-0.15, -0.1) is 11.3 Å². The van der Waals surface area contributed by atoms with Gasteiger partial charge in [-0.1, -0.05) is 0 Å². The van der Waals surface area contributed by atoms with E-state index in [2.05, 4.69) is 20.3 Å². The first-order valence-electron chi connectivity index (χ1n) is 10.0. The number of aromatic nitrogens is 3. The number of carbonyl (C=O) groups excluding carboxylic acids is 1. The van der Waals surface area contributed by atoms with Crippen LogP contribution in [0.3, 0.4) is 0 Å². The lowest BCUT2D eigenvalue weighted by atomic mass is 9.74. The van der Waals surface area contributed by atoms with E-state index in [0.29, 0.717) is 12.1 Å². The Kier molecular flexibility index (Phi) is 5.50. The quantitative estimate of drug-likeness (QED) is 0.780. The number of piperidine rings is 1. The van der Waals surface area contributed by atoms with Crippen molar-refractivity contribution >= 4 is 17.2 Å². The first kappa shape index (κ1) is 20.5. The second-order valence-corrected chi connectivity index (χ2v) is 9.53. The lowest BCUT2D eigenvalue weighted by Crippen LogP contribution is -2.65. The molecule has 0 unspecified atom stereocenters. The molecule has 0 saturated carbocycles.